The van der Waals surface area contributed by atoms with E-state index in [1.807, 2.05) is 14.0 Å². The van der Waals surface area contributed by atoms with E-state index < -0.39 is 9.84 Å². The first kappa shape index (κ1) is 16.6. The van der Waals surface area contributed by atoms with Crippen LogP contribution in [-0.2, 0) is 22.8 Å². The fourth-order valence-corrected chi connectivity index (χ4v) is 5.22. The third kappa shape index (κ3) is 3.63. The van der Waals surface area contributed by atoms with Crippen molar-refractivity contribution >= 4 is 9.84 Å². The van der Waals surface area contributed by atoms with Gasteiger partial charge < -0.3 is 9.47 Å². The second-order valence-corrected chi connectivity index (χ2v) is 8.83. The summed E-state index contributed by atoms with van der Waals surface area (Å²) in [5.41, 5.74) is 2.25. The van der Waals surface area contributed by atoms with Crippen LogP contribution in [0.1, 0.15) is 31.4 Å². The first-order valence-corrected chi connectivity index (χ1v) is 10.1. The van der Waals surface area contributed by atoms with Crippen LogP contribution in [0.5, 0.6) is 11.5 Å². The molecule has 2 unspecified atom stereocenters. The zero-order valence-electron chi connectivity index (χ0n) is 14.0. The molecule has 1 aromatic carbocycles. The van der Waals surface area contributed by atoms with Gasteiger partial charge in [-0.2, -0.15) is 0 Å². The lowest BCUT2D eigenvalue weighted by Crippen LogP contribution is -2.32. The average Bonchev–Trinajstić information content (AvgIpc) is 3.00. The van der Waals surface area contributed by atoms with Gasteiger partial charge in [0.1, 0.15) is 17.6 Å². The van der Waals surface area contributed by atoms with Crippen LogP contribution >= 0.6 is 0 Å². The number of hydrogen-bond donors (Lipinski definition) is 0. The van der Waals surface area contributed by atoms with Gasteiger partial charge in [0.05, 0.1) is 18.1 Å². The van der Waals surface area contributed by atoms with Gasteiger partial charge in [0, 0.05) is 30.1 Å². The van der Waals surface area contributed by atoms with Crippen molar-refractivity contribution in [3.8, 4) is 11.5 Å². The summed E-state index contributed by atoms with van der Waals surface area (Å²) >= 11 is 0. The van der Waals surface area contributed by atoms with Gasteiger partial charge in [-0.05, 0) is 39.4 Å². The predicted molar refractivity (Wildman–Crippen MR) is 89.9 cm³/mol. The van der Waals surface area contributed by atoms with Crippen molar-refractivity contribution in [1.29, 1.82) is 0 Å². The largest absolute Gasteiger partial charge is 0.494 e. The summed E-state index contributed by atoms with van der Waals surface area (Å²) < 4.78 is 35.0. The molecule has 2 heterocycles. The SMILES string of the molecule is CCOc1cc2c(cc1CN(C)C1CCS(=O)(=O)C1)OC(C)C2. The molecule has 2 aliphatic heterocycles. The Kier molecular flexibility index (Phi) is 4.56. The van der Waals surface area contributed by atoms with Crippen molar-refractivity contribution < 1.29 is 17.9 Å². The Labute approximate surface area is 138 Å². The molecule has 0 aliphatic carbocycles. The number of benzene rings is 1. The molecule has 0 aromatic heterocycles. The van der Waals surface area contributed by atoms with Gasteiger partial charge in [0.2, 0.25) is 0 Å². The Morgan fingerprint density at radius 1 is 1.39 bits per heavy atom. The van der Waals surface area contributed by atoms with Crippen LogP contribution in [-0.4, -0.2) is 50.6 Å². The highest BCUT2D eigenvalue weighted by molar-refractivity contribution is 7.91. The van der Waals surface area contributed by atoms with Crippen molar-refractivity contribution in [2.24, 2.45) is 0 Å². The molecule has 0 spiro atoms. The molecule has 0 amide bonds. The van der Waals surface area contributed by atoms with Crippen LogP contribution in [0.2, 0.25) is 0 Å². The van der Waals surface area contributed by atoms with Crippen LogP contribution in [0.15, 0.2) is 12.1 Å². The molecule has 23 heavy (non-hydrogen) atoms. The van der Waals surface area contributed by atoms with E-state index in [4.69, 9.17) is 9.47 Å². The zero-order chi connectivity index (χ0) is 16.6. The summed E-state index contributed by atoms with van der Waals surface area (Å²) in [6, 6.07) is 4.23. The van der Waals surface area contributed by atoms with Crippen molar-refractivity contribution in [2.45, 2.75) is 45.4 Å². The minimum Gasteiger partial charge on any atom is -0.494 e. The van der Waals surface area contributed by atoms with Crippen molar-refractivity contribution in [3.05, 3.63) is 23.3 Å². The van der Waals surface area contributed by atoms with Gasteiger partial charge >= 0.3 is 0 Å². The second kappa shape index (κ2) is 6.32. The molecule has 1 fully saturated rings. The Morgan fingerprint density at radius 3 is 2.83 bits per heavy atom. The van der Waals surface area contributed by atoms with Crippen molar-refractivity contribution in [2.75, 3.05) is 25.2 Å². The molecular weight excluding hydrogens is 314 g/mol. The lowest BCUT2D eigenvalue weighted by molar-refractivity contribution is 0.243. The van der Waals surface area contributed by atoms with Gasteiger partial charge in [-0.1, -0.05) is 0 Å². The molecule has 2 atom stereocenters. The topological polar surface area (TPSA) is 55.8 Å². The van der Waals surface area contributed by atoms with Crippen LogP contribution in [0.4, 0.5) is 0 Å². The molecule has 0 N–H and O–H groups in total. The Bertz CT molecular complexity index is 686. The number of fused-ring (bicyclic) bond motifs is 1. The molecule has 0 bridgehead atoms. The number of sulfone groups is 1. The Balaban J connectivity index is 1.80. The average molecular weight is 339 g/mol. The Hall–Kier alpha value is -1.27. The fourth-order valence-electron chi connectivity index (χ4n) is 3.42. The third-order valence-corrected chi connectivity index (χ3v) is 6.38. The van der Waals surface area contributed by atoms with E-state index in [1.165, 1.54) is 5.56 Å². The van der Waals surface area contributed by atoms with Gasteiger partial charge in [-0.3, -0.25) is 4.90 Å². The van der Waals surface area contributed by atoms with Gasteiger partial charge in [-0.15, -0.1) is 0 Å². The number of rotatable bonds is 5. The highest BCUT2D eigenvalue weighted by Crippen LogP contribution is 2.36. The minimum absolute atomic E-state index is 0.0857. The van der Waals surface area contributed by atoms with Crippen LogP contribution < -0.4 is 9.47 Å². The van der Waals surface area contributed by atoms with E-state index in [0.29, 0.717) is 25.3 Å². The summed E-state index contributed by atoms with van der Waals surface area (Å²) in [6.07, 6.45) is 1.82. The molecular formula is C17H25NO4S. The fraction of sp³-hybridized carbons (Fsp3) is 0.647. The van der Waals surface area contributed by atoms with Crippen LogP contribution in [0.3, 0.4) is 0 Å². The predicted octanol–water partition coefficient (Wildman–Crippen LogP) is 2.03. The molecule has 6 heteroatoms. The van der Waals surface area contributed by atoms with E-state index in [2.05, 4.69) is 24.0 Å². The number of ether oxygens (including phenoxy) is 2. The van der Waals surface area contributed by atoms with E-state index in [9.17, 15) is 8.42 Å². The summed E-state index contributed by atoms with van der Waals surface area (Å²) in [5, 5.41) is 0. The zero-order valence-corrected chi connectivity index (χ0v) is 14.9. The lowest BCUT2D eigenvalue weighted by Gasteiger charge is -2.24. The molecule has 5 nitrogen and oxygen atoms in total. The smallest absolute Gasteiger partial charge is 0.151 e. The van der Waals surface area contributed by atoms with Crippen LogP contribution in [0, 0.1) is 0 Å². The molecule has 1 aromatic rings. The highest BCUT2D eigenvalue weighted by atomic mass is 32.2. The molecule has 0 radical (unpaired) electrons. The van der Waals surface area contributed by atoms with Gasteiger partial charge in [-0.25, -0.2) is 8.42 Å². The maximum Gasteiger partial charge on any atom is 0.151 e. The molecule has 0 saturated carbocycles. The lowest BCUT2D eigenvalue weighted by atomic mass is 10.1. The summed E-state index contributed by atoms with van der Waals surface area (Å²) in [4.78, 5) is 2.12. The minimum atomic E-state index is -2.87. The van der Waals surface area contributed by atoms with E-state index >= 15 is 0 Å². The van der Waals surface area contributed by atoms with E-state index in [1.54, 1.807) is 0 Å². The number of nitrogens with zero attached hydrogens (tertiary/aromatic N) is 1. The summed E-state index contributed by atoms with van der Waals surface area (Å²) in [6.45, 7) is 5.32. The standard InChI is InChI=1S/C17H25NO4S/c1-4-21-16-8-13-7-12(2)22-17(13)9-14(16)10-18(3)15-5-6-23(19,20)11-15/h8-9,12,15H,4-7,10-11H2,1-3H3. The van der Waals surface area contributed by atoms with Gasteiger partial charge in [0.25, 0.3) is 0 Å². The maximum atomic E-state index is 11.7. The quantitative estimate of drug-likeness (QED) is 0.821. The molecule has 1 saturated heterocycles. The van der Waals surface area contributed by atoms with Gasteiger partial charge in [0.15, 0.2) is 9.84 Å². The molecule has 2 aliphatic rings. The summed E-state index contributed by atoms with van der Waals surface area (Å²) in [7, 11) is -0.883. The Morgan fingerprint density at radius 2 is 2.17 bits per heavy atom. The third-order valence-electron chi connectivity index (χ3n) is 4.63. The number of hydrogen-bond acceptors (Lipinski definition) is 5. The van der Waals surface area contributed by atoms with E-state index in [0.717, 1.165) is 23.5 Å². The first-order valence-electron chi connectivity index (χ1n) is 8.24. The maximum absolute atomic E-state index is 11.7. The monoisotopic (exact) mass is 339 g/mol. The molecule has 3 rings (SSSR count). The highest BCUT2D eigenvalue weighted by Gasteiger charge is 2.31. The normalized spacial score (nSPS) is 25.4. The van der Waals surface area contributed by atoms with Crippen molar-refractivity contribution in [1.82, 2.24) is 4.90 Å². The second-order valence-electron chi connectivity index (χ2n) is 6.61. The van der Waals surface area contributed by atoms with Crippen LogP contribution in [0.25, 0.3) is 0 Å². The molecule has 128 valence electrons. The summed E-state index contributed by atoms with van der Waals surface area (Å²) in [5.74, 6) is 2.37. The first-order chi connectivity index (χ1) is 10.9. The van der Waals surface area contributed by atoms with E-state index in [-0.39, 0.29) is 17.9 Å². The van der Waals surface area contributed by atoms with Crippen molar-refractivity contribution in [3.63, 3.8) is 0 Å².